The molecule has 1 aromatic carbocycles. The lowest BCUT2D eigenvalue weighted by Gasteiger charge is -2.25. The van der Waals surface area contributed by atoms with Gasteiger partial charge in [0.25, 0.3) is 0 Å². The molecule has 0 radical (unpaired) electrons. The topological polar surface area (TPSA) is 347 Å². The molecule has 6 rings (SSSR count). The molecule has 63 heavy (non-hydrogen) atoms. The van der Waals surface area contributed by atoms with E-state index >= 15 is 0 Å². The standard InChI is InChI=1S/C34H40F3N9O15P2/c1-2-3-4-24(47)43-19(11-17-5-7-18(8-6-17)34(35,36)37)32(49)60-28-22(59-31(27(28)48)46-16-42-26-29(39)40-15-41-30(26)46)14-57-63(54,55)61-20-12-25(45-10-9-23(38)44-33(45)50)58-21(20)13-56-62(51,52)53/h2,5-10,15-16,19-22,25,27-28,31,48H,1,3-4,11-14H2,(H,43,47)(H,54,55)(H2,38,44,50)(H2,39,40,41)(H2,51,52,53)/t19-,20+,21-,22+,25+,27-,28-,31-/m1/s1. The van der Waals surface area contributed by atoms with E-state index in [9.17, 15) is 56.5 Å². The maximum atomic E-state index is 13.9. The van der Waals surface area contributed by atoms with Crippen LogP contribution in [0.3, 0.4) is 0 Å². The summed E-state index contributed by atoms with van der Waals surface area (Å²) in [6.07, 6.45) is -11.6. The van der Waals surface area contributed by atoms with Gasteiger partial charge in [0.05, 0.1) is 25.1 Å². The van der Waals surface area contributed by atoms with Crippen molar-refractivity contribution < 1.29 is 79.5 Å². The summed E-state index contributed by atoms with van der Waals surface area (Å²) in [7, 11) is -10.4. The number of halogens is 3. The van der Waals surface area contributed by atoms with Gasteiger partial charge in [0.1, 0.15) is 54.3 Å². The number of alkyl halides is 3. The van der Waals surface area contributed by atoms with Crippen molar-refractivity contribution in [2.45, 2.75) is 80.9 Å². The smallest absolute Gasteiger partial charge is 0.455 e. The summed E-state index contributed by atoms with van der Waals surface area (Å²) in [4.78, 5) is 84.5. The average Bonchev–Trinajstić information content (AvgIpc) is 3.90. The van der Waals surface area contributed by atoms with Gasteiger partial charge in [-0.25, -0.2) is 33.7 Å². The largest absolute Gasteiger partial charge is 0.472 e. The highest BCUT2D eigenvalue weighted by Crippen LogP contribution is 2.50. The van der Waals surface area contributed by atoms with Crippen LogP contribution in [0.1, 0.15) is 42.8 Å². The normalized spacial score (nSPS) is 24.2. The van der Waals surface area contributed by atoms with Crippen molar-refractivity contribution in [1.82, 2.24) is 34.4 Å². The van der Waals surface area contributed by atoms with Gasteiger partial charge in [0, 0.05) is 25.5 Å². The molecule has 0 aliphatic carbocycles. The van der Waals surface area contributed by atoms with E-state index in [-0.39, 0.29) is 47.6 Å². The first kappa shape index (κ1) is 47.3. The zero-order valence-electron chi connectivity index (χ0n) is 32.4. The Bertz CT molecular complexity index is 2460. The number of amides is 1. The molecular weight excluding hydrogens is 893 g/mol. The number of imidazole rings is 1. The number of phosphoric ester groups is 2. The fourth-order valence-electron chi connectivity index (χ4n) is 6.58. The number of esters is 1. The van der Waals surface area contributed by atoms with Gasteiger partial charge in [0.15, 0.2) is 23.8 Å². The number of benzene rings is 1. The maximum Gasteiger partial charge on any atom is 0.472 e. The second-order valence-corrected chi connectivity index (χ2v) is 16.6. The van der Waals surface area contributed by atoms with Gasteiger partial charge < -0.3 is 50.8 Å². The van der Waals surface area contributed by atoms with Crippen LogP contribution >= 0.6 is 15.6 Å². The predicted molar refractivity (Wildman–Crippen MR) is 206 cm³/mol. The third kappa shape index (κ3) is 11.9. The number of carbonyl (C=O) groups excluding carboxylic acids is 2. The van der Waals surface area contributed by atoms with Crippen LogP contribution in [0.25, 0.3) is 11.2 Å². The number of aliphatic hydroxyl groups is 1. The molecule has 4 aromatic rings. The Balaban J connectivity index is 1.25. The first-order chi connectivity index (χ1) is 29.6. The predicted octanol–water partition coefficient (Wildman–Crippen LogP) is 1.03. The first-order valence-electron chi connectivity index (χ1n) is 18.5. The maximum absolute atomic E-state index is 13.9. The van der Waals surface area contributed by atoms with E-state index in [0.29, 0.717) is 0 Å². The number of rotatable bonds is 18. The zero-order chi connectivity index (χ0) is 45.9. The molecular formula is C34H40F3N9O15P2. The third-order valence-electron chi connectivity index (χ3n) is 9.56. The quantitative estimate of drug-likeness (QED) is 0.0416. The fraction of sp³-hybridized carbons (Fsp3) is 0.441. The van der Waals surface area contributed by atoms with Gasteiger partial charge in [-0.3, -0.25) is 27.5 Å². The highest BCUT2D eigenvalue weighted by Gasteiger charge is 2.50. The van der Waals surface area contributed by atoms with Crippen LogP contribution < -0.4 is 22.5 Å². The Morgan fingerprint density at radius 2 is 1.75 bits per heavy atom. The number of aliphatic hydroxyl groups excluding tert-OH is 1. The summed E-state index contributed by atoms with van der Waals surface area (Å²) in [5, 5.41) is 14.1. The highest BCUT2D eigenvalue weighted by molar-refractivity contribution is 7.47. The summed E-state index contributed by atoms with van der Waals surface area (Å²) in [6.45, 7) is 1.66. The molecule has 0 bridgehead atoms. The van der Waals surface area contributed by atoms with Crippen molar-refractivity contribution in [3.8, 4) is 0 Å². The molecule has 0 saturated carbocycles. The number of carbonyl (C=O) groups is 2. The Hall–Kier alpha value is -5.18. The first-order valence-corrected chi connectivity index (χ1v) is 21.5. The lowest BCUT2D eigenvalue weighted by Crippen LogP contribution is -2.47. The van der Waals surface area contributed by atoms with E-state index in [0.717, 1.165) is 41.5 Å². The van der Waals surface area contributed by atoms with E-state index in [1.165, 1.54) is 22.9 Å². The lowest BCUT2D eigenvalue weighted by molar-refractivity contribution is -0.160. The van der Waals surface area contributed by atoms with E-state index in [4.69, 9.17) is 34.7 Å². The van der Waals surface area contributed by atoms with E-state index in [2.05, 4.69) is 36.4 Å². The fourth-order valence-corrected chi connectivity index (χ4v) is 7.88. The summed E-state index contributed by atoms with van der Waals surface area (Å²) in [5.74, 6) is -2.06. The summed E-state index contributed by atoms with van der Waals surface area (Å²) < 4.78 is 99.5. The molecule has 342 valence electrons. The number of allylic oxidation sites excluding steroid dienone is 1. The van der Waals surface area contributed by atoms with E-state index < -0.39 is 114 Å². The Morgan fingerprint density at radius 3 is 2.41 bits per heavy atom. The van der Waals surface area contributed by atoms with Crippen LogP contribution in [0.15, 0.2) is 66.6 Å². The van der Waals surface area contributed by atoms with Crippen molar-refractivity contribution in [2.75, 3.05) is 24.7 Å². The molecule has 29 heteroatoms. The Morgan fingerprint density at radius 1 is 1.03 bits per heavy atom. The number of phosphoric acid groups is 2. The summed E-state index contributed by atoms with van der Waals surface area (Å²) in [5.41, 5.74) is 9.90. The zero-order valence-corrected chi connectivity index (χ0v) is 34.2. The number of fused-ring (bicyclic) bond motifs is 1. The molecule has 9 N–H and O–H groups in total. The van der Waals surface area contributed by atoms with E-state index in [1.807, 2.05) is 0 Å². The summed E-state index contributed by atoms with van der Waals surface area (Å²) in [6, 6.07) is 3.44. The van der Waals surface area contributed by atoms with Crippen LogP contribution in [0, 0.1) is 0 Å². The number of hydrogen-bond acceptors (Lipinski definition) is 18. The minimum absolute atomic E-state index is 0.0405. The number of nitrogen functional groups attached to an aromatic ring is 2. The van der Waals surface area contributed by atoms with Crippen molar-refractivity contribution >= 4 is 50.3 Å². The van der Waals surface area contributed by atoms with Gasteiger partial charge >= 0.3 is 33.5 Å². The Kier molecular flexibility index (Phi) is 14.5. The number of nitrogens with zero attached hydrogens (tertiary/aromatic N) is 6. The molecule has 3 aromatic heterocycles. The molecule has 1 unspecified atom stereocenters. The number of hydrogen-bond donors (Lipinski definition) is 7. The third-order valence-corrected chi connectivity index (χ3v) is 11.1. The minimum Gasteiger partial charge on any atom is -0.455 e. The highest BCUT2D eigenvalue weighted by atomic mass is 31.2. The minimum atomic E-state index is -5.31. The monoisotopic (exact) mass is 933 g/mol. The number of anilines is 2. The summed E-state index contributed by atoms with van der Waals surface area (Å²) >= 11 is 0. The average molecular weight is 934 g/mol. The molecule has 5 heterocycles. The van der Waals surface area contributed by atoms with Gasteiger partial charge in [-0.15, -0.1) is 6.58 Å². The molecule has 2 fully saturated rings. The lowest BCUT2D eigenvalue weighted by atomic mass is 10.0. The van der Waals surface area contributed by atoms with Crippen molar-refractivity contribution in [3.63, 3.8) is 0 Å². The molecule has 2 aliphatic heterocycles. The SMILES string of the molecule is C=CCCC(=O)N[C@H](Cc1ccc(C(F)(F)F)cc1)C(=O)O[C@H]1[C@@H](O)[C@H](n2cnc3c(N)ncnc32)O[C@H]1COP(=O)(O)O[C@H]1C[C@@H](n2ccc(N)nc2=O)O[C@@H]1COP(=O)(O)O. The number of nitrogens with two attached hydrogens (primary N) is 2. The van der Waals surface area contributed by atoms with Crippen LogP contribution in [-0.2, 0) is 59.1 Å². The van der Waals surface area contributed by atoms with Gasteiger partial charge in [-0.05, 0) is 30.2 Å². The number of nitrogens with one attached hydrogen (secondary N) is 1. The second kappa shape index (κ2) is 19.3. The van der Waals surface area contributed by atoms with Crippen LogP contribution in [-0.4, -0.2) is 111 Å². The van der Waals surface area contributed by atoms with E-state index in [1.54, 1.807) is 0 Å². The number of aromatic nitrogens is 6. The van der Waals surface area contributed by atoms with Gasteiger partial charge in [0.2, 0.25) is 5.91 Å². The molecule has 0 spiro atoms. The van der Waals surface area contributed by atoms with Crippen molar-refractivity contribution in [2.24, 2.45) is 0 Å². The molecule has 2 saturated heterocycles. The van der Waals surface area contributed by atoms with Crippen molar-refractivity contribution in [3.05, 3.63) is 83.4 Å². The Labute approximate surface area is 352 Å². The van der Waals surface area contributed by atoms with Crippen LogP contribution in [0.2, 0.25) is 0 Å². The van der Waals surface area contributed by atoms with Crippen molar-refractivity contribution in [1.29, 1.82) is 0 Å². The molecule has 1 amide bonds. The number of ether oxygens (including phenoxy) is 3. The second-order valence-electron chi connectivity index (χ2n) is 14.0. The van der Waals surface area contributed by atoms with Gasteiger partial charge in [-0.2, -0.15) is 18.2 Å². The molecule has 9 atom stereocenters. The molecule has 24 nitrogen and oxygen atoms in total. The van der Waals surface area contributed by atoms with Gasteiger partial charge in [-0.1, -0.05) is 18.2 Å². The van der Waals surface area contributed by atoms with Crippen LogP contribution in [0.4, 0.5) is 24.8 Å². The molecule has 2 aliphatic rings. The van der Waals surface area contributed by atoms with Crippen LogP contribution in [0.5, 0.6) is 0 Å².